The fourth-order valence-corrected chi connectivity index (χ4v) is 1.50. The molecule has 1 aliphatic rings. The van der Waals surface area contributed by atoms with Gasteiger partial charge in [-0.3, -0.25) is 4.79 Å². The first-order valence-electron chi connectivity index (χ1n) is 4.57. The van der Waals surface area contributed by atoms with Crippen LogP contribution in [0.2, 0.25) is 0 Å². The zero-order valence-corrected chi connectivity index (χ0v) is 8.08. The molecule has 0 fully saturated rings. The topological polar surface area (TPSA) is 35.5 Å². The average Bonchev–Trinajstić information content (AvgIpc) is 2.61. The maximum Gasteiger partial charge on any atom is 0.302 e. The Kier molecular flexibility index (Phi) is 2.50. The van der Waals surface area contributed by atoms with E-state index in [4.69, 9.17) is 9.47 Å². The van der Waals surface area contributed by atoms with Crippen molar-refractivity contribution in [3.63, 3.8) is 0 Å². The Balaban J connectivity index is 2.09. The number of ether oxygens (including phenoxy) is 2. The van der Waals surface area contributed by atoms with E-state index in [0.717, 1.165) is 5.56 Å². The summed E-state index contributed by atoms with van der Waals surface area (Å²) in [4.78, 5) is 10.6. The van der Waals surface area contributed by atoms with Crippen LogP contribution in [0.3, 0.4) is 0 Å². The zero-order valence-electron chi connectivity index (χ0n) is 8.08. The third-order valence-corrected chi connectivity index (χ3v) is 2.23. The van der Waals surface area contributed by atoms with Crippen molar-refractivity contribution < 1.29 is 14.3 Å². The maximum atomic E-state index is 10.6. The van der Waals surface area contributed by atoms with Gasteiger partial charge in [0.25, 0.3) is 0 Å². The predicted molar refractivity (Wildman–Crippen MR) is 50.4 cm³/mol. The van der Waals surface area contributed by atoms with Crippen LogP contribution in [0.15, 0.2) is 18.2 Å². The minimum absolute atomic E-state index is 0.248. The minimum Gasteiger partial charge on any atom is -0.461 e. The summed E-state index contributed by atoms with van der Waals surface area (Å²) in [6, 6.07) is 6.03. The first kappa shape index (κ1) is 9.21. The highest BCUT2D eigenvalue weighted by atomic mass is 16.5. The highest BCUT2D eigenvalue weighted by Gasteiger charge is 2.11. The second-order valence-electron chi connectivity index (χ2n) is 3.38. The van der Waals surface area contributed by atoms with Crippen LogP contribution in [-0.2, 0) is 34.1 Å². The molecule has 0 N–H and O–H groups in total. The summed E-state index contributed by atoms with van der Waals surface area (Å²) in [7, 11) is 0. The van der Waals surface area contributed by atoms with Gasteiger partial charge in [0, 0.05) is 6.92 Å². The van der Waals surface area contributed by atoms with Gasteiger partial charge in [-0.1, -0.05) is 12.1 Å². The highest BCUT2D eigenvalue weighted by molar-refractivity contribution is 5.65. The number of benzene rings is 1. The number of rotatable bonds is 2. The molecule has 3 nitrogen and oxygen atoms in total. The Bertz CT molecular complexity index is 358. The van der Waals surface area contributed by atoms with Crippen molar-refractivity contribution in [1.82, 2.24) is 0 Å². The minimum atomic E-state index is -0.248. The zero-order chi connectivity index (χ0) is 9.97. The van der Waals surface area contributed by atoms with Crippen molar-refractivity contribution >= 4 is 5.97 Å². The number of carbonyl (C=O) groups is 1. The molecule has 3 heteroatoms. The molecule has 1 aromatic carbocycles. The van der Waals surface area contributed by atoms with E-state index in [-0.39, 0.29) is 5.97 Å². The van der Waals surface area contributed by atoms with Crippen LogP contribution in [0.4, 0.5) is 0 Å². The van der Waals surface area contributed by atoms with Gasteiger partial charge in [-0.15, -0.1) is 0 Å². The highest BCUT2D eigenvalue weighted by Crippen LogP contribution is 2.21. The second kappa shape index (κ2) is 3.80. The number of hydrogen-bond acceptors (Lipinski definition) is 3. The Morgan fingerprint density at radius 3 is 3.00 bits per heavy atom. The first-order chi connectivity index (χ1) is 6.75. The molecule has 74 valence electrons. The summed E-state index contributed by atoms with van der Waals surface area (Å²) >= 11 is 0. The van der Waals surface area contributed by atoms with Gasteiger partial charge < -0.3 is 9.47 Å². The van der Waals surface area contributed by atoms with Crippen molar-refractivity contribution in [3.05, 3.63) is 34.9 Å². The van der Waals surface area contributed by atoms with E-state index in [1.165, 1.54) is 18.1 Å². The smallest absolute Gasteiger partial charge is 0.302 e. The van der Waals surface area contributed by atoms with Gasteiger partial charge in [0.1, 0.15) is 6.61 Å². The van der Waals surface area contributed by atoms with Gasteiger partial charge in [-0.2, -0.15) is 0 Å². The molecule has 1 aromatic rings. The quantitative estimate of drug-likeness (QED) is 0.670. The maximum absolute atomic E-state index is 10.6. The monoisotopic (exact) mass is 192 g/mol. The molecule has 0 saturated carbocycles. The fourth-order valence-electron chi connectivity index (χ4n) is 1.50. The van der Waals surface area contributed by atoms with E-state index in [2.05, 4.69) is 0 Å². The summed E-state index contributed by atoms with van der Waals surface area (Å²) in [5, 5.41) is 0. The molecule has 0 amide bonds. The molecule has 14 heavy (non-hydrogen) atoms. The van der Waals surface area contributed by atoms with E-state index in [1.807, 2.05) is 18.2 Å². The third-order valence-electron chi connectivity index (χ3n) is 2.23. The predicted octanol–water partition coefficient (Wildman–Crippen LogP) is 1.78. The van der Waals surface area contributed by atoms with Crippen LogP contribution in [0.5, 0.6) is 0 Å². The van der Waals surface area contributed by atoms with Crippen LogP contribution >= 0.6 is 0 Å². The van der Waals surface area contributed by atoms with E-state index in [0.29, 0.717) is 19.8 Å². The molecule has 0 aromatic heterocycles. The second-order valence-corrected chi connectivity index (χ2v) is 3.38. The molecule has 0 radical (unpaired) electrons. The summed E-state index contributed by atoms with van der Waals surface area (Å²) in [6.45, 7) is 3.13. The molecular weight excluding hydrogens is 180 g/mol. The van der Waals surface area contributed by atoms with Crippen molar-refractivity contribution in [2.45, 2.75) is 26.7 Å². The van der Waals surface area contributed by atoms with Crippen LogP contribution < -0.4 is 0 Å². The SMILES string of the molecule is CC(=O)OCc1ccc2c(c1)COC2. The lowest BCUT2D eigenvalue weighted by atomic mass is 10.1. The van der Waals surface area contributed by atoms with E-state index in [1.54, 1.807) is 0 Å². The number of carbonyl (C=O) groups excluding carboxylic acids is 1. The Hall–Kier alpha value is -1.35. The van der Waals surface area contributed by atoms with Crippen molar-refractivity contribution in [2.24, 2.45) is 0 Å². The van der Waals surface area contributed by atoms with Crippen LogP contribution in [0.1, 0.15) is 23.6 Å². The lowest BCUT2D eigenvalue weighted by Crippen LogP contribution is -1.99. The van der Waals surface area contributed by atoms with Gasteiger partial charge >= 0.3 is 5.97 Å². The van der Waals surface area contributed by atoms with Gasteiger partial charge in [-0.05, 0) is 22.8 Å². The van der Waals surface area contributed by atoms with Crippen LogP contribution in [0, 0.1) is 0 Å². The molecule has 1 aliphatic heterocycles. The summed E-state index contributed by atoms with van der Waals surface area (Å²) in [5.41, 5.74) is 3.45. The lowest BCUT2D eigenvalue weighted by molar-refractivity contribution is -0.142. The van der Waals surface area contributed by atoms with Crippen molar-refractivity contribution in [2.75, 3.05) is 0 Å². The molecule has 1 heterocycles. The Labute approximate surface area is 82.6 Å². The van der Waals surface area contributed by atoms with Crippen LogP contribution in [-0.4, -0.2) is 5.97 Å². The normalized spacial score (nSPS) is 13.8. The number of hydrogen-bond donors (Lipinski definition) is 0. The lowest BCUT2D eigenvalue weighted by Gasteiger charge is -2.03. The largest absolute Gasteiger partial charge is 0.461 e. The van der Waals surface area contributed by atoms with Crippen molar-refractivity contribution in [1.29, 1.82) is 0 Å². The van der Waals surface area contributed by atoms with Crippen molar-refractivity contribution in [3.8, 4) is 0 Å². The molecule has 0 aliphatic carbocycles. The molecular formula is C11H12O3. The molecule has 0 atom stereocenters. The summed E-state index contributed by atoms with van der Waals surface area (Å²) in [6.07, 6.45) is 0. The third kappa shape index (κ3) is 1.93. The van der Waals surface area contributed by atoms with E-state index < -0.39 is 0 Å². The van der Waals surface area contributed by atoms with Gasteiger partial charge in [0.15, 0.2) is 0 Å². The van der Waals surface area contributed by atoms with Gasteiger partial charge in [0.2, 0.25) is 0 Å². The fraction of sp³-hybridized carbons (Fsp3) is 0.364. The molecule has 2 rings (SSSR count). The molecule has 0 bridgehead atoms. The Morgan fingerprint density at radius 2 is 2.21 bits per heavy atom. The van der Waals surface area contributed by atoms with Crippen LogP contribution in [0.25, 0.3) is 0 Å². The molecule has 0 spiro atoms. The molecule has 0 saturated heterocycles. The summed E-state index contributed by atoms with van der Waals surface area (Å²) in [5.74, 6) is -0.248. The molecule has 0 unspecified atom stereocenters. The van der Waals surface area contributed by atoms with E-state index in [9.17, 15) is 4.79 Å². The Morgan fingerprint density at radius 1 is 1.43 bits per heavy atom. The van der Waals surface area contributed by atoms with Gasteiger partial charge in [-0.25, -0.2) is 0 Å². The van der Waals surface area contributed by atoms with Gasteiger partial charge in [0.05, 0.1) is 13.2 Å². The van der Waals surface area contributed by atoms with E-state index >= 15 is 0 Å². The number of esters is 1. The number of fused-ring (bicyclic) bond motifs is 1. The first-order valence-corrected chi connectivity index (χ1v) is 4.57. The summed E-state index contributed by atoms with van der Waals surface area (Å²) < 4.78 is 10.2. The average molecular weight is 192 g/mol. The standard InChI is InChI=1S/C11H12O3/c1-8(12)14-5-9-2-3-10-6-13-7-11(10)4-9/h2-4H,5-7H2,1H3.